The van der Waals surface area contributed by atoms with E-state index in [0.717, 1.165) is 10.7 Å². The quantitative estimate of drug-likeness (QED) is 0.454. The van der Waals surface area contributed by atoms with Crippen molar-refractivity contribution in [3.63, 3.8) is 0 Å². The lowest BCUT2D eigenvalue weighted by atomic mass is 10.2. The van der Waals surface area contributed by atoms with Gasteiger partial charge in [-0.1, -0.05) is 0 Å². The summed E-state index contributed by atoms with van der Waals surface area (Å²) >= 11 is 1.95. The van der Waals surface area contributed by atoms with Crippen molar-refractivity contribution in [3.05, 3.63) is 45.3 Å². The van der Waals surface area contributed by atoms with Crippen LogP contribution in [-0.4, -0.2) is 7.11 Å². The Labute approximate surface area is 135 Å². The molecule has 2 N–H and O–H groups in total. The molecule has 112 valence electrons. The normalized spacial score (nSPS) is 10.6. The predicted molar refractivity (Wildman–Crippen MR) is 88.3 cm³/mol. The average Bonchev–Trinajstić information content (AvgIpc) is 2.42. The first-order valence-corrected chi connectivity index (χ1v) is 7.27. The first kappa shape index (κ1) is 16.2. The van der Waals surface area contributed by atoms with Crippen LogP contribution in [0.4, 0.5) is 30.2 Å². The third-order valence-electron chi connectivity index (χ3n) is 2.83. The molecule has 0 amide bonds. The number of nitrogen functional groups attached to an aromatic ring is 1. The summed E-state index contributed by atoms with van der Waals surface area (Å²) in [6, 6.07) is 5.20. The van der Waals surface area contributed by atoms with Gasteiger partial charge < -0.3 is 15.1 Å². The maximum Gasteiger partial charge on any atom is 0.185 e. The monoisotopic (exact) mass is 426 g/mol. The minimum Gasteiger partial charge on any atom is -0.494 e. The van der Waals surface area contributed by atoms with Gasteiger partial charge in [-0.15, -0.1) is 0 Å². The van der Waals surface area contributed by atoms with Crippen LogP contribution in [-0.2, 0) is 0 Å². The van der Waals surface area contributed by atoms with Crippen LogP contribution in [0.25, 0.3) is 0 Å². The first-order valence-electron chi connectivity index (χ1n) is 5.68. The Kier molecular flexibility index (Phi) is 4.83. The molecule has 3 nitrogen and oxygen atoms in total. The zero-order valence-electron chi connectivity index (χ0n) is 10.8. The minimum absolute atomic E-state index is 0.0257. The van der Waals surface area contributed by atoms with E-state index in [4.69, 9.17) is 10.5 Å². The van der Waals surface area contributed by atoms with Crippen molar-refractivity contribution in [1.29, 1.82) is 0 Å². The highest BCUT2D eigenvalue weighted by atomic mass is 127. The third-order valence-corrected chi connectivity index (χ3v) is 4.03. The molecule has 0 fully saturated rings. The number of ether oxygens (including phenoxy) is 1. The summed E-state index contributed by atoms with van der Waals surface area (Å²) in [5.74, 6) is -2.92. The lowest BCUT2D eigenvalue weighted by molar-refractivity contribution is 0.409. The van der Waals surface area contributed by atoms with Gasteiger partial charge >= 0.3 is 0 Å². The van der Waals surface area contributed by atoms with Gasteiger partial charge in [-0.2, -0.15) is 0 Å². The summed E-state index contributed by atoms with van der Waals surface area (Å²) in [7, 11) is 3.40. The Morgan fingerprint density at radius 1 is 1.19 bits per heavy atom. The van der Waals surface area contributed by atoms with E-state index >= 15 is 0 Å². The lowest BCUT2D eigenvalue weighted by Crippen LogP contribution is -2.11. The second-order valence-corrected chi connectivity index (χ2v) is 5.86. The van der Waals surface area contributed by atoms with Gasteiger partial charge in [0.1, 0.15) is 22.9 Å². The molecule has 1 atom stereocenters. The number of hydrogen-bond donors (Lipinski definition) is 1. The zero-order valence-corrected chi connectivity index (χ0v) is 14.1. The first-order chi connectivity index (χ1) is 9.86. The number of hydrogen-bond acceptors (Lipinski definition) is 3. The Morgan fingerprint density at radius 3 is 2.43 bits per heavy atom. The molecule has 0 aliphatic heterocycles. The van der Waals surface area contributed by atoms with Crippen LogP contribution >= 0.6 is 32.0 Å². The summed E-state index contributed by atoms with van der Waals surface area (Å²) in [6.45, 7) is 0. The summed E-state index contributed by atoms with van der Waals surface area (Å²) in [6.07, 6.45) is 0. The SMILES string of the molecule is COc1cc(F)c(F)c(N(P)c2ccc(I)cc2F)c1N. The van der Waals surface area contributed by atoms with Crippen molar-refractivity contribution in [2.24, 2.45) is 0 Å². The van der Waals surface area contributed by atoms with Crippen LogP contribution in [0.2, 0.25) is 0 Å². The van der Waals surface area contributed by atoms with Crippen LogP contribution in [0.3, 0.4) is 0 Å². The second kappa shape index (κ2) is 6.27. The maximum absolute atomic E-state index is 14.0. The van der Waals surface area contributed by atoms with E-state index in [-0.39, 0.29) is 22.8 Å². The van der Waals surface area contributed by atoms with Crippen molar-refractivity contribution in [2.75, 3.05) is 17.5 Å². The van der Waals surface area contributed by atoms with Crippen molar-refractivity contribution in [2.45, 2.75) is 0 Å². The molecule has 2 rings (SSSR count). The number of rotatable bonds is 3. The topological polar surface area (TPSA) is 38.5 Å². The highest BCUT2D eigenvalue weighted by Gasteiger charge is 2.23. The molecule has 1 unspecified atom stereocenters. The smallest absolute Gasteiger partial charge is 0.185 e. The number of anilines is 3. The maximum atomic E-state index is 14.0. The van der Waals surface area contributed by atoms with Crippen molar-refractivity contribution in [1.82, 2.24) is 0 Å². The van der Waals surface area contributed by atoms with Gasteiger partial charge in [-0.05, 0) is 50.2 Å². The van der Waals surface area contributed by atoms with Gasteiger partial charge in [0, 0.05) is 9.64 Å². The fraction of sp³-hybridized carbons (Fsp3) is 0.0769. The van der Waals surface area contributed by atoms with Crippen molar-refractivity contribution >= 4 is 49.0 Å². The summed E-state index contributed by atoms with van der Waals surface area (Å²) in [5.41, 5.74) is 5.38. The van der Waals surface area contributed by atoms with Crippen LogP contribution in [0.1, 0.15) is 0 Å². The highest BCUT2D eigenvalue weighted by Crippen LogP contribution is 2.42. The van der Waals surface area contributed by atoms with E-state index in [9.17, 15) is 13.2 Å². The van der Waals surface area contributed by atoms with E-state index in [2.05, 4.69) is 9.39 Å². The molecule has 0 saturated carbocycles. The molecular weight excluding hydrogens is 415 g/mol. The molecule has 0 saturated heterocycles. The van der Waals surface area contributed by atoms with Gasteiger partial charge in [0.2, 0.25) is 0 Å². The van der Waals surface area contributed by atoms with Gasteiger partial charge in [0.05, 0.1) is 12.8 Å². The molecule has 0 spiro atoms. The lowest BCUT2D eigenvalue weighted by Gasteiger charge is -2.23. The van der Waals surface area contributed by atoms with E-state index < -0.39 is 17.5 Å². The van der Waals surface area contributed by atoms with Gasteiger partial charge in [0.25, 0.3) is 0 Å². The summed E-state index contributed by atoms with van der Waals surface area (Å²) in [4.78, 5) is 0. The Bertz CT molecular complexity index is 700. The van der Waals surface area contributed by atoms with E-state index in [1.165, 1.54) is 19.2 Å². The molecular formula is C13H11F3IN2OP. The number of methoxy groups -OCH3 is 1. The van der Waals surface area contributed by atoms with E-state index in [0.29, 0.717) is 3.57 Å². The average molecular weight is 426 g/mol. The van der Waals surface area contributed by atoms with Crippen LogP contribution < -0.4 is 15.1 Å². The van der Waals surface area contributed by atoms with Crippen molar-refractivity contribution in [3.8, 4) is 5.75 Å². The molecule has 0 aromatic heterocycles. The van der Waals surface area contributed by atoms with E-state index in [1.54, 1.807) is 6.07 Å². The second-order valence-electron chi connectivity index (χ2n) is 4.10. The molecule has 2 aromatic rings. The van der Waals surface area contributed by atoms with Crippen LogP contribution in [0, 0.1) is 21.0 Å². The molecule has 0 aliphatic carbocycles. The fourth-order valence-corrected chi connectivity index (χ4v) is 2.72. The Morgan fingerprint density at radius 2 is 1.86 bits per heavy atom. The zero-order chi connectivity index (χ0) is 15.7. The number of halogens is 4. The van der Waals surface area contributed by atoms with Crippen LogP contribution in [0.5, 0.6) is 5.75 Å². The predicted octanol–water partition coefficient (Wildman–Crippen LogP) is 4.23. The number of nitrogens with two attached hydrogens (primary N) is 1. The van der Waals surface area contributed by atoms with Crippen molar-refractivity contribution < 1.29 is 17.9 Å². The highest BCUT2D eigenvalue weighted by molar-refractivity contribution is 14.1. The molecule has 2 aromatic carbocycles. The third kappa shape index (κ3) is 3.03. The number of benzene rings is 2. The van der Waals surface area contributed by atoms with Gasteiger partial charge in [-0.3, -0.25) is 0 Å². The summed E-state index contributed by atoms with van der Waals surface area (Å²) < 4.78 is 48.3. The summed E-state index contributed by atoms with van der Waals surface area (Å²) in [5, 5.41) is 0. The largest absolute Gasteiger partial charge is 0.494 e. The molecule has 0 bridgehead atoms. The Balaban J connectivity index is 2.62. The molecule has 0 radical (unpaired) electrons. The molecule has 21 heavy (non-hydrogen) atoms. The molecule has 8 heteroatoms. The minimum atomic E-state index is -1.18. The number of nitrogens with zero attached hydrogens (tertiary/aromatic N) is 1. The fourth-order valence-electron chi connectivity index (χ4n) is 1.81. The van der Waals surface area contributed by atoms with E-state index in [1.807, 2.05) is 22.6 Å². The Hall–Kier alpha value is -1.21. The van der Waals surface area contributed by atoms with Gasteiger partial charge in [-0.25, -0.2) is 13.2 Å². The van der Waals surface area contributed by atoms with Crippen LogP contribution in [0.15, 0.2) is 24.3 Å². The van der Waals surface area contributed by atoms with Gasteiger partial charge in [0.15, 0.2) is 11.6 Å². The standard InChI is InChI=1S/C13H11F3IN2OP/c1-20-10-5-8(15)11(16)13(12(10)18)19(21)9-3-2-6(17)4-7(9)14/h2-5H,18,21H2,1H3. The molecule has 0 aliphatic rings. The molecule has 0 heterocycles.